The summed E-state index contributed by atoms with van der Waals surface area (Å²) >= 11 is 0. The number of rotatable bonds is 3. The Hall–Kier alpha value is -1.59. The smallest absolute Gasteiger partial charge is 0.248 e. The molecule has 0 bridgehead atoms. The number of urea groups is 1. The third-order valence-electron chi connectivity index (χ3n) is 1.47. The quantitative estimate of drug-likeness (QED) is 0.686. The lowest BCUT2D eigenvalue weighted by Gasteiger charge is -2.14. The lowest BCUT2D eigenvalue weighted by molar-refractivity contribution is -0.298. The zero-order chi connectivity index (χ0) is 10.4. The number of hydrogen-bond donors (Lipinski definition) is 0. The van der Waals surface area contributed by atoms with E-state index >= 15 is 0 Å². The molecule has 0 heterocycles. The van der Waals surface area contributed by atoms with Gasteiger partial charge in [0, 0.05) is 0 Å². The zero-order valence-electron chi connectivity index (χ0n) is 8.01. The minimum atomic E-state index is -0.610. The van der Waals surface area contributed by atoms with Crippen molar-refractivity contribution in [3.05, 3.63) is 30.3 Å². The van der Waals surface area contributed by atoms with Crippen LogP contribution in [0.15, 0.2) is 30.3 Å². The molecule has 75 valence electrons. The number of hydrogen-bond acceptors (Lipinski definition) is 3. The predicted octanol–water partition coefficient (Wildman–Crippen LogP) is 1.47. The van der Waals surface area contributed by atoms with Crippen LogP contribution in [0.2, 0.25) is 0 Å². The minimum absolute atomic E-state index is 0.552. The first kappa shape index (κ1) is 10.5. The first-order chi connectivity index (χ1) is 6.77. The number of para-hydroxylation sites is 1. The molecule has 0 spiro atoms. The average Bonchev–Trinajstić information content (AvgIpc) is 2.21. The summed E-state index contributed by atoms with van der Waals surface area (Å²) in [5, 5.41) is 4.43. The lowest BCUT2D eigenvalue weighted by atomic mass is 10.3. The molecular formula is C9H11N2O3. The molecule has 1 rings (SSSR count). The lowest BCUT2D eigenvalue weighted by Crippen LogP contribution is -2.32. The van der Waals surface area contributed by atoms with Gasteiger partial charge in [-0.05, 0) is 12.1 Å². The molecule has 0 aliphatic carbocycles. The van der Waals surface area contributed by atoms with Crippen molar-refractivity contribution in [3.63, 3.8) is 0 Å². The van der Waals surface area contributed by atoms with Crippen molar-refractivity contribution in [1.82, 2.24) is 10.5 Å². The highest BCUT2D eigenvalue weighted by Crippen LogP contribution is 2.06. The van der Waals surface area contributed by atoms with Gasteiger partial charge in [-0.2, -0.15) is 5.32 Å². The highest BCUT2D eigenvalue weighted by atomic mass is 16.9. The van der Waals surface area contributed by atoms with Crippen LogP contribution in [0.1, 0.15) is 0 Å². The Kier molecular flexibility index (Phi) is 3.90. The maximum absolute atomic E-state index is 11.3. The number of benzene rings is 1. The molecule has 1 aromatic carbocycles. The molecule has 5 nitrogen and oxygen atoms in total. The van der Waals surface area contributed by atoms with E-state index in [9.17, 15) is 4.79 Å². The van der Waals surface area contributed by atoms with Crippen molar-refractivity contribution in [2.45, 2.75) is 0 Å². The fourth-order valence-corrected chi connectivity index (χ4v) is 0.885. The summed E-state index contributed by atoms with van der Waals surface area (Å²) in [5.41, 5.74) is 0.552. The third kappa shape index (κ3) is 2.72. The summed E-state index contributed by atoms with van der Waals surface area (Å²) < 4.78 is 0. The van der Waals surface area contributed by atoms with E-state index in [1.54, 1.807) is 24.3 Å². The fraction of sp³-hybridized carbons (Fsp3) is 0.222. The van der Waals surface area contributed by atoms with Gasteiger partial charge in [-0.25, -0.2) is 14.5 Å². The van der Waals surface area contributed by atoms with Gasteiger partial charge in [0.25, 0.3) is 0 Å². The van der Waals surface area contributed by atoms with Crippen molar-refractivity contribution >= 4 is 11.7 Å². The monoisotopic (exact) mass is 195 g/mol. The average molecular weight is 195 g/mol. The summed E-state index contributed by atoms with van der Waals surface area (Å²) in [7, 11) is 2.64. The predicted molar refractivity (Wildman–Crippen MR) is 49.5 cm³/mol. The van der Waals surface area contributed by atoms with Crippen LogP contribution in [-0.2, 0) is 9.68 Å². The Bertz CT molecular complexity index is 285. The third-order valence-corrected chi connectivity index (χ3v) is 1.47. The molecule has 0 saturated carbocycles. The van der Waals surface area contributed by atoms with Gasteiger partial charge in [0.2, 0.25) is 0 Å². The Balaban J connectivity index is 2.57. The van der Waals surface area contributed by atoms with Crippen LogP contribution in [0.5, 0.6) is 0 Å². The second-order valence-corrected chi connectivity index (χ2v) is 2.35. The maximum Gasteiger partial charge on any atom is 0.393 e. The summed E-state index contributed by atoms with van der Waals surface area (Å²) in [6, 6.07) is 8.23. The molecule has 1 radical (unpaired) electrons. The molecule has 14 heavy (non-hydrogen) atoms. The molecule has 0 saturated heterocycles. The molecule has 1 aromatic rings. The van der Waals surface area contributed by atoms with Crippen molar-refractivity contribution in [2.24, 2.45) is 0 Å². The van der Waals surface area contributed by atoms with Crippen LogP contribution >= 0.6 is 0 Å². The normalized spacial score (nSPS) is 9.57. The van der Waals surface area contributed by atoms with Gasteiger partial charge in [-0.1, -0.05) is 23.4 Å². The molecule has 0 aliphatic rings. The van der Waals surface area contributed by atoms with Crippen LogP contribution in [-0.4, -0.2) is 25.5 Å². The van der Waals surface area contributed by atoms with Crippen LogP contribution in [0.25, 0.3) is 0 Å². The van der Waals surface area contributed by atoms with E-state index < -0.39 is 6.03 Å². The van der Waals surface area contributed by atoms with Crippen molar-refractivity contribution in [2.75, 3.05) is 14.2 Å². The zero-order valence-corrected chi connectivity index (χ0v) is 8.01. The van der Waals surface area contributed by atoms with Crippen molar-refractivity contribution in [3.8, 4) is 0 Å². The van der Waals surface area contributed by atoms with Gasteiger partial charge >= 0.3 is 6.03 Å². The number of nitrogens with zero attached hydrogens (tertiary/aromatic N) is 2. The van der Waals surface area contributed by atoms with Crippen molar-refractivity contribution < 1.29 is 14.5 Å². The first-order valence-electron chi connectivity index (χ1n) is 3.97. The Morgan fingerprint density at radius 3 is 2.29 bits per heavy atom. The maximum atomic E-state index is 11.3. The SMILES string of the molecule is CON(OC)C(=O)[N]c1ccccc1. The highest BCUT2D eigenvalue weighted by molar-refractivity contribution is 5.77. The Labute approximate surface area is 82.1 Å². The van der Waals surface area contributed by atoms with E-state index in [0.29, 0.717) is 10.9 Å². The standard InChI is InChI=1S/C9H11N2O3/c1-13-11(14-2)9(12)10-8-6-4-3-5-7-8/h3-7H,1-2H3. The second-order valence-electron chi connectivity index (χ2n) is 2.35. The topological polar surface area (TPSA) is 52.9 Å². The van der Waals surface area contributed by atoms with E-state index in [1.807, 2.05) is 6.07 Å². The first-order valence-corrected chi connectivity index (χ1v) is 3.97. The van der Waals surface area contributed by atoms with E-state index in [0.717, 1.165) is 0 Å². The highest BCUT2D eigenvalue weighted by Gasteiger charge is 2.14. The molecule has 2 amide bonds. The van der Waals surface area contributed by atoms with Crippen LogP contribution in [0, 0.1) is 0 Å². The summed E-state index contributed by atoms with van der Waals surface area (Å²) in [5.74, 6) is 0. The van der Waals surface area contributed by atoms with Gasteiger partial charge < -0.3 is 0 Å². The largest absolute Gasteiger partial charge is 0.393 e. The van der Waals surface area contributed by atoms with Crippen molar-refractivity contribution in [1.29, 1.82) is 0 Å². The van der Waals surface area contributed by atoms with Crippen LogP contribution < -0.4 is 5.32 Å². The van der Waals surface area contributed by atoms with Gasteiger partial charge in [-0.3, -0.25) is 0 Å². The van der Waals surface area contributed by atoms with Crippen LogP contribution in [0.3, 0.4) is 0 Å². The molecule has 0 aromatic heterocycles. The summed E-state index contributed by atoms with van der Waals surface area (Å²) in [4.78, 5) is 20.5. The van der Waals surface area contributed by atoms with E-state index in [2.05, 4.69) is 15.0 Å². The number of hydroxylamine groups is 2. The molecule has 0 aliphatic heterocycles. The number of amides is 2. The second kappa shape index (κ2) is 5.21. The molecule has 0 unspecified atom stereocenters. The fourth-order valence-electron chi connectivity index (χ4n) is 0.885. The van der Waals surface area contributed by atoms with E-state index in [-0.39, 0.29) is 0 Å². The number of carbonyl (C=O) groups is 1. The number of carbonyl (C=O) groups excluding carboxylic acids is 1. The van der Waals surface area contributed by atoms with Crippen LogP contribution in [0.4, 0.5) is 10.5 Å². The van der Waals surface area contributed by atoms with Gasteiger partial charge in [0.05, 0.1) is 19.9 Å². The molecule has 0 N–H and O–H groups in total. The summed E-state index contributed by atoms with van der Waals surface area (Å²) in [6.07, 6.45) is 0. The van der Waals surface area contributed by atoms with Gasteiger partial charge in [0.15, 0.2) is 0 Å². The summed E-state index contributed by atoms with van der Waals surface area (Å²) in [6.45, 7) is 0. The van der Waals surface area contributed by atoms with E-state index in [1.165, 1.54) is 14.2 Å². The van der Waals surface area contributed by atoms with Gasteiger partial charge in [-0.15, -0.1) is 0 Å². The minimum Gasteiger partial charge on any atom is -0.248 e. The molecule has 0 atom stereocenters. The molecule has 5 heteroatoms. The Morgan fingerprint density at radius 1 is 1.21 bits per heavy atom. The molecular weight excluding hydrogens is 184 g/mol. The Morgan fingerprint density at radius 2 is 1.79 bits per heavy atom. The molecule has 0 fully saturated rings. The van der Waals surface area contributed by atoms with E-state index in [4.69, 9.17) is 0 Å². The van der Waals surface area contributed by atoms with Gasteiger partial charge in [0.1, 0.15) is 0 Å².